The van der Waals surface area contributed by atoms with Gasteiger partial charge in [-0.3, -0.25) is 14.8 Å². The van der Waals surface area contributed by atoms with E-state index in [-0.39, 0.29) is 0 Å². The number of guanidine groups is 1. The first-order chi connectivity index (χ1) is 12.8. The highest BCUT2D eigenvalue weighted by molar-refractivity contribution is 5.80. The zero-order chi connectivity index (χ0) is 20.0. The number of likely N-dealkylation sites (N-methyl/N-ethyl adjacent to an activating group) is 1. The molecule has 0 aromatic carbocycles. The monoisotopic (exact) mass is 392 g/mol. The zero-order valence-electron chi connectivity index (χ0n) is 17.1. The summed E-state index contributed by atoms with van der Waals surface area (Å²) in [6, 6.07) is -0.997. The number of aliphatic imine (C=N–C) groups is 1. The predicted octanol–water partition coefficient (Wildman–Crippen LogP) is 1.16. The van der Waals surface area contributed by atoms with Crippen molar-refractivity contribution in [2.24, 2.45) is 4.99 Å². The van der Waals surface area contributed by atoms with Crippen molar-refractivity contribution in [3.63, 3.8) is 0 Å². The van der Waals surface area contributed by atoms with E-state index >= 15 is 0 Å². The van der Waals surface area contributed by atoms with Crippen LogP contribution in [0.5, 0.6) is 0 Å². The summed E-state index contributed by atoms with van der Waals surface area (Å²) in [7, 11) is 1.73. The third kappa shape index (κ3) is 6.22. The molecule has 2 aliphatic heterocycles. The first kappa shape index (κ1) is 22.2. The van der Waals surface area contributed by atoms with Crippen molar-refractivity contribution in [2.45, 2.75) is 39.0 Å². The van der Waals surface area contributed by atoms with Crippen LogP contribution < -0.4 is 5.32 Å². The Morgan fingerprint density at radius 1 is 0.963 bits per heavy atom. The van der Waals surface area contributed by atoms with Crippen LogP contribution in [-0.2, 0) is 0 Å². The molecule has 0 aromatic rings. The van der Waals surface area contributed by atoms with E-state index in [0.29, 0.717) is 32.2 Å². The van der Waals surface area contributed by atoms with Gasteiger partial charge >= 0.3 is 6.18 Å². The van der Waals surface area contributed by atoms with Crippen LogP contribution in [0.1, 0.15) is 20.8 Å². The number of rotatable bonds is 5. The molecular weight excluding hydrogens is 357 g/mol. The molecule has 2 aliphatic rings. The first-order valence-corrected chi connectivity index (χ1v) is 9.99. The minimum Gasteiger partial charge on any atom is -0.355 e. The van der Waals surface area contributed by atoms with E-state index < -0.39 is 12.2 Å². The highest BCUT2D eigenvalue weighted by Gasteiger charge is 2.41. The minimum atomic E-state index is -4.17. The topological polar surface area (TPSA) is 37.4 Å². The smallest absolute Gasteiger partial charge is 0.355 e. The summed E-state index contributed by atoms with van der Waals surface area (Å²) in [5.74, 6) is 0.786. The van der Waals surface area contributed by atoms with Gasteiger partial charge in [0.2, 0.25) is 0 Å². The van der Waals surface area contributed by atoms with E-state index in [2.05, 4.69) is 38.9 Å². The van der Waals surface area contributed by atoms with Gasteiger partial charge in [-0.2, -0.15) is 13.2 Å². The van der Waals surface area contributed by atoms with Crippen molar-refractivity contribution < 1.29 is 13.2 Å². The van der Waals surface area contributed by atoms with Crippen molar-refractivity contribution in [1.82, 2.24) is 24.9 Å². The van der Waals surface area contributed by atoms with Crippen LogP contribution in [0, 0.1) is 0 Å². The SMILES string of the molecule is CCN1CCN(C(C)CNC(=NC)N2CCN(C(C)C(F)(F)F)CC2)CC1. The number of nitrogens with one attached hydrogen (secondary N) is 1. The fourth-order valence-electron chi connectivity index (χ4n) is 3.75. The van der Waals surface area contributed by atoms with Crippen LogP contribution in [0.4, 0.5) is 13.2 Å². The fourth-order valence-corrected chi connectivity index (χ4v) is 3.75. The Hall–Kier alpha value is -1.06. The van der Waals surface area contributed by atoms with E-state index in [1.807, 2.05) is 0 Å². The average molecular weight is 393 g/mol. The highest BCUT2D eigenvalue weighted by Crippen LogP contribution is 2.25. The lowest BCUT2D eigenvalue weighted by Gasteiger charge is -2.40. The molecule has 2 saturated heterocycles. The zero-order valence-corrected chi connectivity index (χ0v) is 17.1. The molecule has 0 aromatic heterocycles. The maximum Gasteiger partial charge on any atom is 0.403 e. The molecule has 0 aliphatic carbocycles. The first-order valence-electron chi connectivity index (χ1n) is 9.99. The van der Waals surface area contributed by atoms with E-state index in [4.69, 9.17) is 0 Å². The molecule has 2 fully saturated rings. The molecule has 1 N–H and O–H groups in total. The summed E-state index contributed by atoms with van der Waals surface area (Å²) in [5, 5.41) is 3.42. The van der Waals surface area contributed by atoms with Gasteiger partial charge in [0.05, 0.1) is 0 Å². The van der Waals surface area contributed by atoms with E-state index in [9.17, 15) is 13.2 Å². The summed E-state index contributed by atoms with van der Waals surface area (Å²) < 4.78 is 38.7. The van der Waals surface area contributed by atoms with Crippen molar-refractivity contribution >= 4 is 5.96 Å². The Labute approximate surface area is 161 Å². The van der Waals surface area contributed by atoms with Crippen LogP contribution in [-0.4, -0.2) is 116 Å². The normalized spacial score (nSPS) is 24.1. The van der Waals surface area contributed by atoms with Gasteiger partial charge in [-0.15, -0.1) is 0 Å². The molecule has 158 valence electrons. The van der Waals surface area contributed by atoms with Crippen LogP contribution in [0.3, 0.4) is 0 Å². The minimum absolute atomic E-state index is 0.396. The lowest BCUT2D eigenvalue weighted by Crippen LogP contribution is -2.58. The second kappa shape index (κ2) is 9.93. The van der Waals surface area contributed by atoms with Gasteiger partial charge in [-0.1, -0.05) is 6.92 Å². The van der Waals surface area contributed by atoms with Crippen molar-refractivity contribution in [3.8, 4) is 0 Å². The third-order valence-corrected chi connectivity index (χ3v) is 5.88. The van der Waals surface area contributed by atoms with Crippen LogP contribution in [0.2, 0.25) is 0 Å². The summed E-state index contributed by atoms with van der Waals surface area (Å²) in [5.41, 5.74) is 0. The molecule has 0 saturated carbocycles. The molecule has 0 radical (unpaired) electrons. The molecule has 2 rings (SSSR count). The molecule has 2 atom stereocenters. The lowest BCUT2D eigenvalue weighted by atomic mass is 10.2. The molecular formula is C18H35F3N6. The Morgan fingerprint density at radius 3 is 2.00 bits per heavy atom. The maximum atomic E-state index is 12.9. The summed E-state index contributed by atoms with van der Waals surface area (Å²) >= 11 is 0. The van der Waals surface area contributed by atoms with E-state index in [1.165, 1.54) is 11.8 Å². The van der Waals surface area contributed by atoms with Crippen molar-refractivity contribution in [2.75, 3.05) is 72.5 Å². The number of nitrogens with zero attached hydrogens (tertiary/aromatic N) is 5. The number of alkyl halides is 3. The molecule has 2 heterocycles. The van der Waals surface area contributed by atoms with Gasteiger partial charge in [0.1, 0.15) is 6.04 Å². The summed E-state index contributed by atoms with van der Waals surface area (Å²) in [6.07, 6.45) is -4.17. The highest BCUT2D eigenvalue weighted by atomic mass is 19.4. The second-order valence-electron chi connectivity index (χ2n) is 7.49. The summed E-state index contributed by atoms with van der Waals surface area (Å²) in [4.78, 5) is 12.8. The number of piperazine rings is 2. The molecule has 2 unspecified atom stereocenters. The van der Waals surface area contributed by atoms with Gasteiger partial charge < -0.3 is 15.1 Å². The Bertz CT molecular complexity index is 468. The van der Waals surface area contributed by atoms with Gasteiger partial charge in [0.25, 0.3) is 0 Å². The van der Waals surface area contributed by atoms with Gasteiger partial charge in [0, 0.05) is 72.0 Å². The molecule has 6 nitrogen and oxygen atoms in total. The average Bonchev–Trinajstić information content (AvgIpc) is 2.67. The standard InChI is InChI=1S/C18H35F3N6/c1-5-24-6-8-25(9-7-24)15(2)14-23-17(22-4)27-12-10-26(11-13-27)16(3)18(19,20)21/h15-16H,5-14H2,1-4H3,(H,22,23). The van der Waals surface area contributed by atoms with Crippen LogP contribution in [0.15, 0.2) is 4.99 Å². The lowest BCUT2D eigenvalue weighted by molar-refractivity contribution is -0.181. The maximum absolute atomic E-state index is 12.9. The molecule has 0 spiro atoms. The largest absolute Gasteiger partial charge is 0.403 e. The second-order valence-corrected chi connectivity index (χ2v) is 7.49. The van der Waals surface area contributed by atoms with Gasteiger partial charge in [-0.05, 0) is 20.4 Å². The number of hydrogen-bond donors (Lipinski definition) is 1. The van der Waals surface area contributed by atoms with Crippen LogP contribution in [0.25, 0.3) is 0 Å². The molecule has 9 heteroatoms. The van der Waals surface area contributed by atoms with Crippen molar-refractivity contribution in [3.05, 3.63) is 0 Å². The quantitative estimate of drug-likeness (QED) is 0.561. The third-order valence-electron chi connectivity index (χ3n) is 5.88. The molecule has 0 bridgehead atoms. The van der Waals surface area contributed by atoms with E-state index in [0.717, 1.165) is 45.2 Å². The molecule has 27 heavy (non-hydrogen) atoms. The predicted molar refractivity (Wildman–Crippen MR) is 103 cm³/mol. The van der Waals surface area contributed by atoms with Crippen LogP contribution >= 0.6 is 0 Å². The summed E-state index contributed by atoms with van der Waals surface area (Å²) in [6.45, 7) is 13.8. The number of hydrogen-bond acceptors (Lipinski definition) is 4. The van der Waals surface area contributed by atoms with Gasteiger partial charge in [0.15, 0.2) is 5.96 Å². The Morgan fingerprint density at radius 2 is 1.52 bits per heavy atom. The Balaban J connectivity index is 1.76. The molecule has 0 amide bonds. The Kier molecular flexibility index (Phi) is 8.18. The van der Waals surface area contributed by atoms with E-state index in [1.54, 1.807) is 7.05 Å². The number of halogens is 3. The van der Waals surface area contributed by atoms with Crippen molar-refractivity contribution in [1.29, 1.82) is 0 Å². The fraction of sp³-hybridized carbons (Fsp3) is 0.944. The van der Waals surface area contributed by atoms with Gasteiger partial charge in [-0.25, -0.2) is 0 Å².